The van der Waals surface area contributed by atoms with Crippen molar-refractivity contribution in [3.63, 3.8) is 0 Å². The Labute approximate surface area is 117 Å². The van der Waals surface area contributed by atoms with Gasteiger partial charge in [-0.2, -0.15) is 0 Å². The number of hydrogen-bond acceptors (Lipinski definition) is 4. The van der Waals surface area contributed by atoms with Crippen molar-refractivity contribution in [1.29, 1.82) is 0 Å². The van der Waals surface area contributed by atoms with Crippen molar-refractivity contribution >= 4 is 11.0 Å². The van der Waals surface area contributed by atoms with Crippen LogP contribution in [0, 0.1) is 0 Å². The molecule has 3 heterocycles. The third-order valence-corrected chi connectivity index (χ3v) is 3.33. The molecular weight excluding hydrogens is 250 g/mol. The molecule has 0 saturated heterocycles. The summed E-state index contributed by atoms with van der Waals surface area (Å²) in [7, 11) is 0. The van der Waals surface area contributed by atoms with Crippen molar-refractivity contribution in [3.05, 3.63) is 41.9 Å². The molecule has 0 aliphatic carbocycles. The van der Waals surface area contributed by atoms with Gasteiger partial charge in [-0.15, -0.1) is 0 Å². The maximum Gasteiger partial charge on any atom is 0.180 e. The fraction of sp³-hybridized carbons (Fsp3) is 0.267. The fourth-order valence-electron chi connectivity index (χ4n) is 2.39. The van der Waals surface area contributed by atoms with Crippen LogP contribution in [0.2, 0.25) is 0 Å². The highest BCUT2D eigenvalue weighted by Crippen LogP contribution is 2.24. The monoisotopic (exact) mass is 267 g/mol. The van der Waals surface area contributed by atoms with E-state index in [-0.39, 0.29) is 0 Å². The molecule has 0 aromatic carbocycles. The minimum atomic E-state index is 0.623. The van der Waals surface area contributed by atoms with Crippen LogP contribution in [0.3, 0.4) is 0 Å². The van der Waals surface area contributed by atoms with Crippen LogP contribution in [0.4, 0.5) is 0 Å². The number of aryl methyl sites for hydroxylation is 1. The molecule has 3 rings (SSSR count). The average Bonchev–Trinajstić information content (AvgIpc) is 2.91. The zero-order chi connectivity index (χ0) is 13.9. The number of rotatable bonds is 4. The first-order valence-corrected chi connectivity index (χ1v) is 6.81. The molecule has 0 aliphatic rings. The lowest BCUT2D eigenvalue weighted by atomic mass is 10.1. The van der Waals surface area contributed by atoms with Gasteiger partial charge in [-0.3, -0.25) is 4.98 Å². The standard InChI is InChI=1S/C15H17N5/c1-2-11-13-10(6-7-16)9-18-15(13)20-14(19-11)12-5-3-4-8-17-12/h3-5,8-9H,2,6-7,16H2,1H3,(H,18,19,20). The fourth-order valence-corrected chi connectivity index (χ4v) is 2.39. The van der Waals surface area contributed by atoms with Gasteiger partial charge >= 0.3 is 0 Å². The second-order valence-electron chi connectivity index (χ2n) is 4.64. The lowest BCUT2D eigenvalue weighted by Crippen LogP contribution is -2.03. The first-order chi connectivity index (χ1) is 9.83. The maximum atomic E-state index is 5.66. The number of H-pyrrole nitrogens is 1. The SMILES string of the molecule is CCc1nc(-c2ccccn2)nc2[nH]cc(CCN)c12. The molecule has 0 atom stereocenters. The van der Waals surface area contributed by atoms with E-state index >= 15 is 0 Å². The van der Waals surface area contributed by atoms with E-state index in [4.69, 9.17) is 5.73 Å². The van der Waals surface area contributed by atoms with Crippen LogP contribution in [-0.4, -0.2) is 26.5 Å². The summed E-state index contributed by atoms with van der Waals surface area (Å²) in [4.78, 5) is 16.8. The number of nitrogens with one attached hydrogen (secondary N) is 1. The van der Waals surface area contributed by atoms with Gasteiger partial charge in [-0.1, -0.05) is 13.0 Å². The average molecular weight is 267 g/mol. The van der Waals surface area contributed by atoms with Gasteiger partial charge in [0.05, 0.1) is 5.69 Å². The lowest BCUT2D eigenvalue weighted by molar-refractivity contribution is 0.968. The van der Waals surface area contributed by atoms with Crippen molar-refractivity contribution in [1.82, 2.24) is 19.9 Å². The minimum absolute atomic E-state index is 0.623. The molecule has 3 N–H and O–H groups in total. The van der Waals surface area contributed by atoms with E-state index in [0.717, 1.165) is 35.3 Å². The van der Waals surface area contributed by atoms with E-state index in [2.05, 4.69) is 26.9 Å². The third-order valence-electron chi connectivity index (χ3n) is 3.33. The Morgan fingerprint density at radius 1 is 1.25 bits per heavy atom. The van der Waals surface area contributed by atoms with Gasteiger partial charge in [0.15, 0.2) is 5.82 Å². The maximum absolute atomic E-state index is 5.66. The van der Waals surface area contributed by atoms with Gasteiger partial charge < -0.3 is 10.7 Å². The predicted octanol–water partition coefficient (Wildman–Crippen LogP) is 2.08. The van der Waals surface area contributed by atoms with Gasteiger partial charge in [0.2, 0.25) is 0 Å². The minimum Gasteiger partial charge on any atom is -0.346 e. The second-order valence-corrected chi connectivity index (χ2v) is 4.64. The molecule has 20 heavy (non-hydrogen) atoms. The van der Waals surface area contributed by atoms with Crippen LogP contribution in [0.1, 0.15) is 18.2 Å². The van der Waals surface area contributed by atoms with E-state index in [1.54, 1.807) is 6.20 Å². The van der Waals surface area contributed by atoms with Gasteiger partial charge in [0.25, 0.3) is 0 Å². The summed E-state index contributed by atoms with van der Waals surface area (Å²) >= 11 is 0. The smallest absolute Gasteiger partial charge is 0.180 e. The summed E-state index contributed by atoms with van der Waals surface area (Å²) in [6.07, 6.45) is 5.42. The molecule has 0 fully saturated rings. The molecule has 3 aromatic heterocycles. The Morgan fingerprint density at radius 2 is 2.15 bits per heavy atom. The highest BCUT2D eigenvalue weighted by molar-refractivity contribution is 5.83. The van der Waals surface area contributed by atoms with E-state index in [0.29, 0.717) is 12.4 Å². The molecular formula is C15H17N5. The number of nitrogens with zero attached hydrogens (tertiary/aromatic N) is 3. The molecule has 3 aromatic rings. The van der Waals surface area contributed by atoms with Crippen LogP contribution in [0.15, 0.2) is 30.6 Å². The van der Waals surface area contributed by atoms with Crippen LogP contribution >= 0.6 is 0 Å². The number of fused-ring (bicyclic) bond motifs is 1. The van der Waals surface area contributed by atoms with E-state index in [1.807, 2.05) is 24.4 Å². The number of aromatic amines is 1. The number of aromatic nitrogens is 4. The molecule has 5 heteroatoms. The second kappa shape index (κ2) is 5.38. The van der Waals surface area contributed by atoms with Gasteiger partial charge in [0.1, 0.15) is 11.3 Å². The summed E-state index contributed by atoms with van der Waals surface area (Å²) in [6.45, 7) is 2.72. The molecule has 0 unspecified atom stereocenters. The summed E-state index contributed by atoms with van der Waals surface area (Å²) < 4.78 is 0. The predicted molar refractivity (Wildman–Crippen MR) is 79.3 cm³/mol. The molecule has 5 nitrogen and oxygen atoms in total. The highest BCUT2D eigenvalue weighted by Gasteiger charge is 2.13. The first-order valence-electron chi connectivity index (χ1n) is 6.81. The molecule has 102 valence electrons. The first kappa shape index (κ1) is 12.7. The Hall–Kier alpha value is -2.27. The molecule has 0 aliphatic heterocycles. The molecule has 0 radical (unpaired) electrons. The van der Waals surface area contributed by atoms with Crippen molar-refractivity contribution in [2.75, 3.05) is 6.54 Å². The quantitative estimate of drug-likeness (QED) is 0.758. The number of nitrogens with two attached hydrogens (primary N) is 1. The largest absolute Gasteiger partial charge is 0.346 e. The Bertz CT molecular complexity index is 718. The number of hydrogen-bond donors (Lipinski definition) is 2. The molecule has 0 bridgehead atoms. The third kappa shape index (κ3) is 2.16. The van der Waals surface area contributed by atoms with Crippen molar-refractivity contribution in [3.8, 4) is 11.5 Å². The van der Waals surface area contributed by atoms with Crippen molar-refractivity contribution < 1.29 is 0 Å². The van der Waals surface area contributed by atoms with E-state index in [9.17, 15) is 0 Å². The van der Waals surface area contributed by atoms with E-state index < -0.39 is 0 Å². The van der Waals surface area contributed by atoms with Crippen LogP contribution in [0.5, 0.6) is 0 Å². The summed E-state index contributed by atoms with van der Waals surface area (Å²) in [5.41, 5.74) is 9.54. The van der Waals surface area contributed by atoms with Crippen molar-refractivity contribution in [2.45, 2.75) is 19.8 Å². The van der Waals surface area contributed by atoms with Gasteiger partial charge in [-0.25, -0.2) is 9.97 Å². The van der Waals surface area contributed by atoms with Crippen LogP contribution in [-0.2, 0) is 12.8 Å². The van der Waals surface area contributed by atoms with Crippen LogP contribution in [0.25, 0.3) is 22.6 Å². The Balaban J connectivity index is 2.19. The normalized spacial score (nSPS) is 11.1. The van der Waals surface area contributed by atoms with Gasteiger partial charge in [0, 0.05) is 17.8 Å². The van der Waals surface area contributed by atoms with Crippen LogP contribution < -0.4 is 5.73 Å². The molecule has 0 saturated carbocycles. The number of pyridine rings is 1. The van der Waals surface area contributed by atoms with Crippen molar-refractivity contribution in [2.24, 2.45) is 5.73 Å². The summed E-state index contributed by atoms with van der Waals surface area (Å²) in [5, 5.41) is 1.11. The Morgan fingerprint density at radius 3 is 2.85 bits per heavy atom. The topological polar surface area (TPSA) is 80.5 Å². The molecule has 0 spiro atoms. The zero-order valence-corrected chi connectivity index (χ0v) is 11.4. The van der Waals surface area contributed by atoms with E-state index in [1.165, 1.54) is 5.56 Å². The summed E-state index contributed by atoms with van der Waals surface area (Å²) in [5.74, 6) is 0.663. The molecule has 0 amide bonds. The highest BCUT2D eigenvalue weighted by atomic mass is 15.0. The van der Waals surface area contributed by atoms with Gasteiger partial charge in [-0.05, 0) is 37.1 Å². The summed E-state index contributed by atoms with van der Waals surface area (Å²) in [6, 6.07) is 5.75. The Kier molecular flexibility index (Phi) is 3.43. The zero-order valence-electron chi connectivity index (χ0n) is 11.4. The lowest BCUT2D eigenvalue weighted by Gasteiger charge is -2.05.